The summed E-state index contributed by atoms with van der Waals surface area (Å²) in [7, 11) is 0. The molecule has 1 atom stereocenters. The lowest BCUT2D eigenvalue weighted by Gasteiger charge is -2.37. The molecular weight excluding hydrogens is 280 g/mol. The molecule has 3 rings (SSSR count). The Labute approximate surface area is 130 Å². The molecule has 5 heteroatoms. The molecule has 0 bridgehead atoms. The quantitative estimate of drug-likeness (QED) is 0.861. The zero-order chi connectivity index (χ0) is 14.5. The summed E-state index contributed by atoms with van der Waals surface area (Å²) in [5.41, 5.74) is 2.16. The molecule has 2 aromatic rings. The fourth-order valence-electron chi connectivity index (χ4n) is 2.73. The van der Waals surface area contributed by atoms with Gasteiger partial charge >= 0.3 is 0 Å². The molecule has 1 aliphatic rings. The number of aromatic nitrogens is 2. The topological polar surface area (TPSA) is 41.1 Å². The van der Waals surface area contributed by atoms with Crippen LogP contribution in [0.2, 0.25) is 0 Å². The second-order valence-corrected chi connectivity index (χ2v) is 5.55. The van der Waals surface area contributed by atoms with Gasteiger partial charge in [-0.2, -0.15) is 0 Å². The molecule has 3 heterocycles. The molecule has 0 unspecified atom stereocenters. The minimum Gasteiger partial charge on any atom is -0.342 e. The Kier molecular flexibility index (Phi) is 4.40. The van der Waals surface area contributed by atoms with Gasteiger partial charge in [-0.15, -0.1) is 0 Å². The summed E-state index contributed by atoms with van der Waals surface area (Å²) in [5, 5.41) is 4.05. The van der Waals surface area contributed by atoms with Gasteiger partial charge in [-0.25, -0.2) is 0 Å². The van der Waals surface area contributed by atoms with Crippen molar-refractivity contribution >= 4 is 23.0 Å². The third-order valence-electron chi connectivity index (χ3n) is 3.75. The summed E-state index contributed by atoms with van der Waals surface area (Å²) < 4.78 is 0. The van der Waals surface area contributed by atoms with Crippen molar-refractivity contribution in [1.82, 2.24) is 14.9 Å². The number of rotatable bonds is 2. The van der Waals surface area contributed by atoms with Crippen molar-refractivity contribution in [2.75, 3.05) is 11.9 Å². The van der Waals surface area contributed by atoms with Crippen LogP contribution in [-0.2, 0) is 0 Å². The maximum absolute atomic E-state index is 5.60. The molecule has 4 nitrogen and oxygen atoms in total. The van der Waals surface area contributed by atoms with Crippen LogP contribution in [0.5, 0.6) is 0 Å². The lowest BCUT2D eigenvalue weighted by molar-refractivity contribution is 0.248. The molecule has 1 aliphatic heterocycles. The average molecular weight is 298 g/mol. The first-order valence-electron chi connectivity index (χ1n) is 7.22. The van der Waals surface area contributed by atoms with Crippen LogP contribution in [0.3, 0.4) is 0 Å². The van der Waals surface area contributed by atoms with Gasteiger partial charge < -0.3 is 10.2 Å². The maximum atomic E-state index is 5.60. The minimum absolute atomic E-state index is 0.309. The second kappa shape index (κ2) is 6.63. The number of thiocarbonyl (C=S) groups is 1. The fourth-order valence-corrected chi connectivity index (χ4v) is 3.06. The van der Waals surface area contributed by atoms with Gasteiger partial charge in [-0.05, 0) is 55.2 Å². The zero-order valence-electron chi connectivity index (χ0n) is 11.8. The molecule has 2 aromatic heterocycles. The van der Waals surface area contributed by atoms with E-state index >= 15 is 0 Å². The number of pyridine rings is 2. The smallest absolute Gasteiger partial charge is 0.173 e. The van der Waals surface area contributed by atoms with E-state index in [0.717, 1.165) is 23.8 Å². The predicted octanol–water partition coefficient (Wildman–Crippen LogP) is 3.40. The molecule has 0 amide bonds. The van der Waals surface area contributed by atoms with E-state index in [1.165, 1.54) is 18.4 Å². The number of piperidine rings is 1. The Morgan fingerprint density at radius 3 is 2.67 bits per heavy atom. The highest BCUT2D eigenvalue weighted by atomic mass is 32.1. The van der Waals surface area contributed by atoms with Gasteiger partial charge in [0.15, 0.2) is 5.11 Å². The molecule has 0 aromatic carbocycles. The van der Waals surface area contributed by atoms with Gasteiger partial charge in [0, 0.05) is 25.1 Å². The number of hydrogen-bond acceptors (Lipinski definition) is 3. The third kappa shape index (κ3) is 3.36. The number of likely N-dealkylation sites (tertiary alicyclic amines) is 1. The first-order chi connectivity index (χ1) is 10.3. The summed E-state index contributed by atoms with van der Waals surface area (Å²) in [6.45, 7) is 0.978. The van der Waals surface area contributed by atoms with Crippen molar-refractivity contribution in [2.24, 2.45) is 0 Å². The summed E-state index contributed by atoms with van der Waals surface area (Å²) in [6, 6.07) is 8.30. The van der Waals surface area contributed by atoms with Crippen molar-refractivity contribution in [2.45, 2.75) is 25.3 Å². The Bertz CT molecular complexity index is 588. The van der Waals surface area contributed by atoms with E-state index in [4.69, 9.17) is 12.2 Å². The monoisotopic (exact) mass is 298 g/mol. The van der Waals surface area contributed by atoms with Crippen LogP contribution >= 0.6 is 12.2 Å². The third-order valence-corrected chi connectivity index (χ3v) is 4.08. The standard InChI is InChI=1S/C16H18N4S/c21-16(19-14-6-4-9-18-12-14)20-10-2-1-7-15(20)13-5-3-8-17-11-13/h3-6,8-9,11-12,15H,1-2,7,10H2,(H,19,21)/t15-/m1/s1. The molecule has 0 spiro atoms. The van der Waals surface area contributed by atoms with Crippen molar-refractivity contribution in [3.05, 3.63) is 54.6 Å². The van der Waals surface area contributed by atoms with Crippen LogP contribution < -0.4 is 5.32 Å². The van der Waals surface area contributed by atoms with Crippen LogP contribution in [0.1, 0.15) is 30.9 Å². The second-order valence-electron chi connectivity index (χ2n) is 5.16. The SMILES string of the molecule is S=C(Nc1cccnc1)N1CCCC[C@@H]1c1cccnc1. The van der Waals surface area contributed by atoms with Crippen LogP contribution in [0, 0.1) is 0 Å². The van der Waals surface area contributed by atoms with Gasteiger partial charge in [0.05, 0.1) is 17.9 Å². The van der Waals surface area contributed by atoms with E-state index < -0.39 is 0 Å². The molecule has 0 aliphatic carbocycles. The molecule has 1 N–H and O–H groups in total. The highest BCUT2D eigenvalue weighted by molar-refractivity contribution is 7.80. The van der Waals surface area contributed by atoms with Gasteiger partial charge in [-0.3, -0.25) is 9.97 Å². The maximum Gasteiger partial charge on any atom is 0.173 e. The summed E-state index contributed by atoms with van der Waals surface area (Å²) in [5.74, 6) is 0. The number of hydrogen-bond donors (Lipinski definition) is 1. The predicted molar refractivity (Wildman–Crippen MR) is 88.0 cm³/mol. The van der Waals surface area contributed by atoms with Crippen molar-refractivity contribution in [3.63, 3.8) is 0 Å². The van der Waals surface area contributed by atoms with Gasteiger partial charge in [-0.1, -0.05) is 6.07 Å². The molecule has 1 saturated heterocycles. The summed E-state index contributed by atoms with van der Waals surface area (Å²) in [4.78, 5) is 10.6. The summed E-state index contributed by atoms with van der Waals surface area (Å²) in [6.07, 6.45) is 10.8. The minimum atomic E-state index is 0.309. The van der Waals surface area contributed by atoms with E-state index in [2.05, 4.69) is 26.3 Å². The van der Waals surface area contributed by atoms with Crippen molar-refractivity contribution < 1.29 is 0 Å². The molecule has 0 radical (unpaired) electrons. The van der Waals surface area contributed by atoms with Crippen LogP contribution in [0.25, 0.3) is 0 Å². The van der Waals surface area contributed by atoms with Gasteiger partial charge in [0.1, 0.15) is 0 Å². The number of nitrogens with one attached hydrogen (secondary N) is 1. The largest absolute Gasteiger partial charge is 0.342 e. The van der Waals surface area contributed by atoms with Crippen molar-refractivity contribution in [3.8, 4) is 0 Å². The molecule has 1 fully saturated rings. The van der Waals surface area contributed by atoms with Gasteiger partial charge in [0.2, 0.25) is 0 Å². The van der Waals surface area contributed by atoms with E-state index in [9.17, 15) is 0 Å². The Hall–Kier alpha value is -2.01. The summed E-state index contributed by atoms with van der Waals surface area (Å²) >= 11 is 5.60. The Morgan fingerprint density at radius 1 is 1.14 bits per heavy atom. The van der Waals surface area contributed by atoms with Gasteiger partial charge in [0.25, 0.3) is 0 Å². The fraction of sp³-hybridized carbons (Fsp3) is 0.312. The normalized spacial score (nSPS) is 18.3. The lowest BCUT2D eigenvalue weighted by atomic mass is 9.97. The van der Waals surface area contributed by atoms with Crippen LogP contribution in [0.15, 0.2) is 49.1 Å². The van der Waals surface area contributed by atoms with E-state index in [1.54, 1.807) is 12.4 Å². The van der Waals surface area contributed by atoms with Crippen LogP contribution in [-0.4, -0.2) is 26.5 Å². The first kappa shape index (κ1) is 13.9. The Balaban J connectivity index is 1.76. The first-order valence-corrected chi connectivity index (χ1v) is 7.63. The number of anilines is 1. The highest BCUT2D eigenvalue weighted by Crippen LogP contribution is 2.30. The molecule has 21 heavy (non-hydrogen) atoms. The lowest BCUT2D eigenvalue weighted by Crippen LogP contribution is -2.41. The van der Waals surface area contributed by atoms with E-state index in [-0.39, 0.29) is 0 Å². The van der Waals surface area contributed by atoms with Crippen molar-refractivity contribution in [1.29, 1.82) is 0 Å². The molecular formula is C16H18N4S. The Morgan fingerprint density at radius 2 is 1.95 bits per heavy atom. The average Bonchev–Trinajstić information content (AvgIpc) is 2.56. The van der Waals surface area contributed by atoms with E-state index in [1.807, 2.05) is 30.6 Å². The highest BCUT2D eigenvalue weighted by Gasteiger charge is 2.26. The molecule has 0 saturated carbocycles. The van der Waals surface area contributed by atoms with E-state index in [0.29, 0.717) is 6.04 Å². The zero-order valence-corrected chi connectivity index (χ0v) is 12.6. The number of nitrogens with zero attached hydrogens (tertiary/aromatic N) is 3. The molecule has 108 valence electrons. The van der Waals surface area contributed by atoms with Crippen LogP contribution in [0.4, 0.5) is 5.69 Å².